The van der Waals surface area contributed by atoms with Crippen LogP contribution in [0.3, 0.4) is 0 Å². The lowest BCUT2D eigenvalue weighted by Gasteiger charge is -2.07. The molecule has 182 valence electrons. The fourth-order valence-electron chi connectivity index (χ4n) is 3.96. The van der Waals surface area contributed by atoms with E-state index in [1.165, 1.54) is 6.08 Å². The number of hydrogen-bond acceptors (Lipinski definition) is 5. The third kappa shape index (κ3) is 5.68. The first kappa shape index (κ1) is 23.8. The highest BCUT2D eigenvalue weighted by atomic mass is 16.5. The molecule has 0 atom stereocenters. The van der Waals surface area contributed by atoms with Gasteiger partial charge in [0.15, 0.2) is 5.78 Å². The van der Waals surface area contributed by atoms with Crippen LogP contribution in [0.2, 0.25) is 0 Å². The molecule has 0 amide bonds. The van der Waals surface area contributed by atoms with Crippen LogP contribution in [0.5, 0.6) is 11.5 Å². The van der Waals surface area contributed by atoms with E-state index < -0.39 is 5.97 Å². The van der Waals surface area contributed by atoms with Crippen LogP contribution in [0.25, 0.3) is 17.0 Å². The van der Waals surface area contributed by atoms with Crippen LogP contribution in [0.15, 0.2) is 114 Å². The van der Waals surface area contributed by atoms with Crippen molar-refractivity contribution in [2.45, 2.75) is 13.5 Å². The van der Waals surface area contributed by atoms with Gasteiger partial charge in [0.25, 0.3) is 0 Å². The van der Waals surface area contributed by atoms with Crippen LogP contribution in [0.1, 0.15) is 37.6 Å². The zero-order chi connectivity index (χ0) is 25.6. The Morgan fingerprint density at radius 1 is 0.811 bits per heavy atom. The summed E-state index contributed by atoms with van der Waals surface area (Å²) in [6.07, 6.45) is 3.25. The third-order valence-corrected chi connectivity index (χ3v) is 5.86. The lowest BCUT2D eigenvalue weighted by atomic mass is 10.1. The van der Waals surface area contributed by atoms with E-state index in [2.05, 4.69) is 0 Å². The zero-order valence-electron chi connectivity index (χ0n) is 20.2. The maximum atomic E-state index is 13.1. The summed E-state index contributed by atoms with van der Waals surface area (Å²) < 4.78 is 17.3. The second kappa shape index (κ2) is 10.8. The normalized spacial score (nSPS) is 11.1. The first-order valence-corrected chi connectivity index (χ1v) is 11.9. The van der Waals surface area contributed by atoms with Gasteiger partial charge in [-0.3, -0.25) is 4.79 Å². The third-order valence-electron chi connectivity index (χ3n) is 5.86. The number of aryl methyl sites for hydroxylation is 1. The summed E-state index contributed by atoms with van der Waals surface area (Å²) in [5, 5.41) is 0.632. The number of ether oxygens (including phenoxy) is 2. The standard InChI is InChI=1S/C32H24O5/c1-22-31(28-20-27(17-19-30(28)36-22)35-21-24-8-4-2-5-9-24)32(34)37-26-15-12-23(13-16-26)14-18-29(33)25-10-6-3-7-11-25/h2-20H,21H2,1H3/b18-14+. The van der Waals surface area contributed by atoms with E-state index in [0.29, 0.717) is 46.0 Å². The number of carbonyl (C=O) groups excluding carboxylic acids is 2. The van der Waals surface area contributed by atoms with Gasteiger partial charge in [0.2, 0.25) is 0 Å². The lowest BCUT2D eigenvalue weighted by Crippen LogP contribution is -2.09. The molecule has 0 spiro atoms. The predicted octanol–water partition coefficient (Wildman–Crippen LogP) is 7.44. The molecule has 0 unspecified atom stereocenters. The first-order valence-electron chi connectivity index (χ1n) is 11.9. The number of fused-ring (bicyclic) bond motifs is 1. The van der Waals surface area contributed by atoms with Crippen molar-refractivity contribution in [1.82, 2.24) is 0 Å². The molecule has 4 aromatic carbocycles. The van der Waals surface area contributed by atoms with Crippen molar-refractivity contribution in [3.63, 3.8) is 0 Å². The molecule has 1 heterocycles. The van der Waals surface area contributed by atoms with Gasteiger partial charge in [0, 0.05) is 10.9 Å². The highest BCUT2D eigenvalue weighted by Crippen LogP contribution is 2.30. The van der Waals surface area contributed by atoms with Gasteiger partial charge in [-0.1, -0.05) is 78.9 Å². The number of allylic oxidation sites excluding steroid dienone is 1. The van der Waals surface area contributed by atoms with Gasteiger partial charge >= 0.3 is 5.97 Å². The molecule has 1 aromatic heterocycles. The zero-order valence-corrected chi connectivity index (χ0v) is 20.2. The van der Waals surface area contributed by atoms with Gasteiger partial charge in [-0.25, -0.2) is 4.79 Å². The molecule has 0 saturated heterocycles. The highest BCUT2D eigenvalue weighted by molar-refractivity contribution is 6.07. The number of furan rings is 1. The van der Waals surface area contributed by atoms with Crippen LogP contribution in [0, 0.1) is 6.92 Å². The van der Waals surface area contributed by atoms with Gasteiger partial charge in [0.05, 0.1) is 0 Å². The van der Waals surface area contributed by atoms with Crippen molar-refractivity contribution >= 4 is 28.8 Å². The second-order valence-electron chi connectivity index (χ2n) is 8.49. The summed E-state index contributed by atoms with van der Waals surface area (Å²) in [6.45, 7) is 2.15. The molecule has 0 radical (unpaired) electrons. The summed E-state index contributed by atoms with van der Waals surface area (Å²) >= 11 is 0. The predicted molar refractivity (Wildman–Crippen MR) is 143 cm³/mol. The van der Waals surface area contributed by atoms with E-state index in [1.807, 2.05) is 54.6 Å². The number of esters is 1. The van der Waals surface area contributed by atoms with Crippen molar-refractivity contribution in [2.24, 2.45) is 0 Å². The molecule has 5 aromatic rings. The average molecular weight is 489 g/mol. The van der Waals surface area contributed by atoms with Crippen molar-refractivity contribution in [3.8, 4) is 11.5 Å². The van der Waals surface area contributed by atoms with Crippen molar-refractivity contribution in [1.29, 1.82) is 0 Å². The lowest BCUT2D eigenvalue weighted by molar-refractivity contribution is 0.0734. The number of hydrogen-bond donors (Lipinski definition) is 0. The minimum absolute atomic E-state index is 0.0782. The number of rotatable bonds is 8. The molecule has 0 bridgehead atoms. The largest absolute Gasteiger partial charge is 0.489 e. The minimum Gasteiger partial charge on any atom is -0.489 e. The molecule has 0 aliphatic heterocycles. The van der Waals surface area contributed by atoms with Crippen LogP contribution < -0.4 is 9.47 Å². The Morgan fingerprint density at radius 3 is 2.22 bits per heavy atom. The van der Waals surface area contributed by atoms with Gasteiger partial charge in [-0.05, 0) is 54.5 Å². The van der Waals surface area contributed by atoms with E-state index in [4.69, 9.17) is 13.9 Å². The van der Waals surface area contributed by atoms with Crippen LogP contribution in [-0.4, -0.2) is 11.8 Å². The summed E-state index contributed by atoms with van der Waals surface area (Å²) in [4.78, 5) is 25.3. The number of benzene rings is 4. The summed E-state index contributed by atoms with van der Waals surface area (Å²) in [7, 11) is 0. The van der Waals surface area contributed by atoms with Gasteiger partial charge < -0.3 is 13.9 Å². The van der Waals surface area contributed by atoms with Crippen LogP contribution >= 0.6 is 0 Å². The maximum absolute atomic E-state index is 13.1. The first-order chi connectivity index (χ1) is 18.1. The topological polar surface area (TPSA) is 65.7 Å². The molecule has 5 heteroatoms. The minimum atomic E-state index is -0.515. The fourth-order valence-corrected chi connectivity index (χ4v) is 3.96. The van der Waals surface area contributed by atoms with Crippen LogP contribution in [0.4, 0.5) is 0 Å². The summed E-state index contributed by atoms with van der Waals surface area (Å²) in [6, 6.07) is 31.3. The molecular formula is C32H24O5. The monoisotopic (exact) mass is 488 g/mol. The van der Waals surface area contributed by atoms with Crippen molar-refractivity contribution < 1.29 is 23.5 Å². The number of carbonyl (C=O) groups is 2. The summed E-state index contributed by atoms with van der Waals surface area (Å²) in [5.41, 5.74) is 3.43. The molecular weight excluding hydrogens is 464 g/mol. The van der Waals surface area contributed by atoms with Crippen molar-refractivity contribution in [2.75, 3.05) is 0 Å². The molecule has 0 aliphatic carbocycles. The van der Waals surface area contributed by atoms with E-state index in [9.17, 15) is 9.59 Å². The van der Waals surface area contributed by atoms with Gasteiger partial charge in [0.1, 0.15) is 35.0 Å². The highest BCUT2D eigenvalue weighted by Gasteiger charge is 2.21. The Morgan fingerprint density at radius 2 is 1.49 bits per heavy atom. The smallest absolute Gasteiger partial charge is 0.347 e. The molecule has 5 rings (SSSR count). The van der Waals surface area contributed by atoms with Crippen LogP contribution in [-0.2, 0) is 6.61 Å². The Balaban J connectivity index is 1.28. The molecule has 0 saturated carbocycles. The Hall–Kier alpha value is -4.90. The van der Waals surface area contributed by atoms with Crippen molar-refractivity contribution in [3.05, 3.63) is 137 Å². The molecule has 0 fully saturated rings. The van der Waals surface area contributed by atoms with E-state index in [-0.39, 0.29) is 5.78 Å². The molecule has 37 heavy (non-hydrogen) atoms. The quantitative estimate of drug-likeness (QED) is 0.0983. The fraction of sp³-hybridized carbons (Fsp3) is 0.0625. The van der Waals surface area contributed by atoms with E-state index in [0.717, 1.165) is 11.1 Å². The molecule has 0 aliphatic rings. The van der Waals surface area contributed by atoms with Gasteiger partial charge in [-0.2, -0.15) is 0 Å². The Kier molecular flexibility index (Phi) is 6.95. The van der Waals surface area contributed by atoms with E-state index >= 15 is 0 Å². The maximum Gasteiger partial charge on any atom is 0.347 e. The summed E-state index contributed by atoms with van der Waals surface area (Å²) in [5.74, 6) is 0.901. The SMILES string of the molecule is Cc1oc2ccc(OCc3ccccc3)cc2c1C(=O)Oc1ccc(/C=C/C(=O)c2ccccc2)cc1. The van der Waals surface area contributed by atoms with Gasteiger partial charge in [-0.15, -0.1) is 0 Å². The Labute approximate surface area is 214 Å². The molecule has 0 N–H and O–H groups in total. The second-order valence-corrected chi connectivity index (χ2v) is 8.49. The van der Waals surface area contributed by atoms with E-state index in [1.54, 1.807) is 61.5 Å². The number of ketones is 1. The Bertz CT molecular complexity index is 1560. The molecule has 5 nitrogen and oxygen atoms in total. The average Bonchev–Trinajstić information content (AvgIpc) is 3.27.